The van der Waals surface area contributed by atoms with Crippen LogP contribution in [0.2, 0.25) is 0 Å². The summed E-state index contributed by atoms with van der Waals surface area (Å²) in [6, 6.07) is 13.2. The number of amides is 1. The van der Waals surface area contributed by atoms with Gasteiger partial charge in [0.1, 0.15) is 18.2 Å². The molecule has 0 saturated heterocycles. The van der Waals surface area contributed by atoms with Gasteiger partial charge in [0.2, 0.25) is 5.91 Å². The van der Waals surface area contributed by atoms with E-state index in [4.69, 9.17) is 10.5 Å². The molecule has 0 heterocycles. The molecule has 3 N–H and O–H groups in total. The van der Waals surface area contributed by atoms with Crippen LogP contribution in [-0.2, 0) is 11.4 Å². The van der Waals surface area contributed by atoms with E-state index in [-0.39, 0.29) is 17.8 Å². The van der Waals surface area contributed by atoms with Crippen molar-refractivity contribution in [3.05, 3.63) is 65.5 Å². The highest BCUT2D eigenvalue weighted by atomic mass is 19.1. The highest BCUT2D eigenvalue weighted by Gasteiger charge is 2.15. The van der Waals surface area contributed by atoms with Crippen LogP contribution in [0.15, 0.2) is 48.5 Å². The summed E-state index contributed by atoms with van der Waals surface area (Å²) in [4.78, 5) is 12.0. The predicted molar refractivity (Wildman–Crippen MR) is 96.6 cm³/mol. The number of rotatable bonds is 8. The van der Waals surface area contributed by atoms with Gasteiger partial charge in [0.25, 0.3) is 0 Å². The summed E-state index contributed by atoms with van der Waals surface area (Å²) in [6.45, 7) is 4.30. The molecular formula is C20H25FN2O2. The first-order valence-electron chi connectivity index (χ1n) is 8.52. The van der Waals surface area contributed by atoms with E-state index in [1.54, 1.807) is 12.1 Å². The Balaban J connectivity index is 1.88. The second kappa shape index (κ2) is 9.18. The lowest BCUT2D eigenvalue weighted by molar-refractivity contribution is -0.123. The fraction of sp³-hybridized carbons (Fsp3) is 0.350. The van der Waals surface area contributed by atoms with Crippen LogP contribution in [0.4, 0.5) is 4.39 Å². The minimum atomic E-state index is -0.467. The molecule has 0 aliphatic carbocycles. The van der Waals surface area contributed by atoms with Gasteiger partial charge in [0.15, 0.2) is 0 Å². The summed E-state index contributed by atoms with van der Waals surface area (Å²) >= 11 is 0. The number of carbonyl (C=O) groups is 1. The number of carbonyl (C=O) groups excluding carboxylic acids is 1. The number of hydrogen-bond acceptors (Lipinski definition) is 3. The standard InChI is InChI=1S/C20H25FN2O2/c1-3-4-19(22)20(24)23-14(2)16-7-11-18(12-8-16)25-13-15-5-9-17(21)10-6-15/h5-12,14,19H,3-4,13,22H2,1-2H3,(H,23,24). The minimum absolute atomic E-state index is 0.124. The molecule has 0 aliphatic heterocycles. The highest BCUT2D eigenvalue weighted by Crippen LogP contribution is 2.19. The molecule has 5 heteroatoms. The van der Waals surface area contributed by atoms with Crippen molar-refractivity contribution in [2.45, 2.75) is 45.4 Å². The van der Waals surface area contributed by atoms with Crippen molar-refractivity contribution in [3.8, 4) is 5.75 Å². The summed E-state index contributed by atoms with van der Waals surface area (Å²) in [5.41, 5.74) is 7.70. The molecular weight excluding hydrogens is 319 g/mol. The van der Waals surface area contributed by atoms with Crippen molar-refractivity contribution in [3.63, 3.8) is 0 Å². The zero-order chi connectivity index (χ0) is 18.2. The molecule has 1 amide bonds. The SMILES string of the molecule is CCCC(N)C(=O)NC(C)c1ccc(OCc2ccc(F)cc2)cc1. The topological polar surface area (TPSA) is 64.4 Å². The number of hydrogen-bond donors (Lipinski definition) is 2. The van der Waals surface area contributed by atoms with Crippen molar-refractivity contribution in [2.24, 2.45) is 5.73 Å². The van der Waals surface area contributed by atoms with Crippen LogP contribution in [0.25, 0.3) is 0 Å². The smallest absolute Gasteiger partial charge is 0.237 e. The summed E-state index contributed by atoms with van der Waals surface area (Å²) in [5, 5.41) is 2.92. The molecule has 4 nitrogen and oxygen atoms in total. The van der Waals surface area contributed by atoms with E-state index in [1.165, 1.54) is 12.1 Å². The third-order valence-corrected chi connectivity index (χ3v) is 3.99. The Morgan fingerprint density at radius 3 is 2.40 bits per heavy atom. The lowest BCUT2D eigenvalue weighted by Gasteiger charge is -2.18. The predicted octanol–water partition coefficient (Wildman–Crippen LogP) is 3.71. The summed E-state index contributed by atoms with van der Waals surface area (Å²) in [6.07, 6.45) is 1.55. The van der Waals surface area contributed by atoms with E-state index < -0.39 is 6.04 Å². The van der Waals surface area contributed by atoms with E-state index in [2.05, 4.69) is 5.32 Å². The normalized spacial score (nSPS) is 13.1. The molecule has 2 aromatic rings. The fourth-order valence-electron chi connectivity index (χ4n) is 2.45. The summed E-state index contributed by atoms with van der Waals surface area (Å²) < 4.78 is 18.6. The first-order valence-corrected chi connectivity index (χ1v) is 8.52. The Bertz CT molecular complexity index is 671. The second-order valence-corrected chi connectivity index (χ2v) is 6.11. The largest absolute Gasteiger partial charge is 0.489 e. The van der Waals surface area contributed by atoms with Gasteiger partial charge in [-0.1, -0.05) is 37.6 Å². The second-order valence-electron chi connectivity index (χ2n) is 6.11. The number of benzene rings is 2. The molecule has 2 atom stereocenters. The number of halogens is 1. The van der Waals surface area contributed by atoms with E-state index in [0.717, 1.165) is 17.5 Å². The number of ether oxygens (including phenoxy) is 1. The Morgan fingerprint density at radius 2 is 1.80 bits per heavy atom. The van der Waals surface area contributed by atoms with E-state index >= 15 is 0 Å². The van der Waals surface area contributed by atoms with Crippen LogP contribution in [0.3, 0.4) is 0 Å². The Kier molecular flexibility index (Phi) is 6.95. The molecule has 0 aliphatic rings. The quantitative estimate of drug-likeness (QED) is 0.767. The third-order valence-electron chi connectivity index (χ3n) is 3.99. The molecule has 134 valence electrons. The van der Waals surface area contributed by atoms with Crippen LogP contribution in [0.1, 0.15) is 43.9 Å². The lowest BCUT2D eigenvalue weighted by Crippen LogP contribution is -2.41. The first-order chi connectivity index (χ1) is 12.0. The Morgan fingerprint density at radius 1 is 1.16 bits per heavy atom. The van der Waals surface area contributed by atoms with Gasteiger partial charge in [0, 0.05) is 0 Å². The molecule has 0 spiro atoms. The van der Waals surface area contributed by atoms with Crippen LogP contribution in [0.5, 0.6) is 5.75 Å². The maximum Gasteiger partial charge on any atom is 0.237 e. The minimum Gasteiger partial charge on any atom is -0.489 e. The van der Waals surface area contributed by atoms with Crippen LogP contribution >= 0.6 is 0 Å². The van der Waals surface area contributed by atoms with Gasteiger partial charge in [-0.3, -0.25) is 4.79 Å². The first kappa shape index (κ1) is 18.9. The van der Waals surface area contributed by atoms with Crippen molar-refractivity contribution in [2.75, 3.05) is 0 Å². The van der Waals surface area contributed by atoms with Crippen molar-refractivity contribution < 1.29 is 13.9 Å². The number of nitrogens with one attached hydrogen (secondary N) is 1. The van der Waals surface area contributed by atoms with Gasteiger partial charge in [-0.25, -0.2) is 4.39 Å². The van der Waals surface area contributed by atoms with Gasteiger partial charge >= 0.3 is 0 Å². The highest BCUT2D eigenvalue weighted by molar-refractivity contribution is 5.81. The van der Waals surface area contributed by atoms with Gasteiger partial charge in [0.05, 0.1) is 12.1 Å². The van der Waals surface area contributed by atoms with E-state index in [0.29, 0.717) is 18.8 Å². The molecule has 2 aromatic carbocycles. The average molecular weight is 344 g/mol. The van der Waals surface area contributed by atoms with Gasteiger partial charge in [-0.05, 0) is 48.7 Å². The van der Waals surface area contributed by atoms with Gasteiger partial charge in [-0.2, -0.15) is 0 Å². The summed E-state index contributed by atoms with van der Waals surface area (Å²) in [7, 11) is 0. The van der Waals surface area contributed by atoms with Crippen molar-refractivity contribution >= 4 is 5.91 Å². The van der Waals surface area contributed by atoms with Gasteiger partial charge < -0.3 is 15.8 Å². The lowest BCUT2D eigenvalue weighted by atomic mass is 10.1. The maximum absolute atomic E-state index is 12.9. The maximum atomic E-state index is 12.9. The zero-order valence-electron chi connectivity index (χ0n) is 14.7. The zero-order valence-corrected chi connectivity index (χ0v) is 14.7. The molecule has 0 radical (unpaired) electrons. The molecule has 0 fully saturated rings. The monoisotopic (exact) mass is 344 g/mol. The average Bonchev–Trinajstić information content (AvgIpc) is 2.61. The van der Waals surface area contributed by atoms with Gasteiger partial charge in [-0.15, -0.1) is 0 Å². The molecule has 0 aromatic heterocycles. The van der Waals surface area contributed by atoms with E-state index in [1.807, 2.05) is 38.1 Å². The Hall–Kier alpha value is -2.40. The Labute approximate surface area is 148 Å². The molecule has 2 unspecified atom stereocenters. The van der Waals surface area contributed by atoms with Crippen molar-refractivity contribution in [1.29, 1.82) is 0 Å². The van der Waals surface area contributed by atoms with Crippen LogP contribution in [-0.4, -0.2) is 11.9 Å². The fourth-order valence-corrected chi connectivity index (χ4v) is 2.45. The van der Waals surface area contributed by atoms with E-state index in [9.17, 15) is 9.18 Å². The molecule has 0 bridgehead atoms. The molecule has 25 heavy (non-hydrogen) atoms. The van der Waals surface area contributed by atoms with Crippen molar-refractivity contribution in [1.82, 2.24) is 5.32 Å². The van der Waals surface area contributed by atoms with Crippen LogP contribution in [0, 0.1) is 5.82 Å². The van der Waals surface area contributed by atoms with Crippen LogP contribution < -0.4 is 15.8 Å². The third kappa shape index (κ3) is 5.87. The number of nitrogens with two attached hydrogens (primary N) is 1. The molecule has 2 rings (SSSR count). The summed E-state index contributed by atoms with van der Waals surface area (Å²) in [5.74, 6) is 0.322. The molecule has 0 saturated carbocycles.